The first-order chi connectivity index (χ1) is 15.5. The van der Waals surface area contributed by atoms with Crippen molar-refractivity contribution in [2.45, 2.75) is 6.61 Å². The molecule has 160 valence electrons. The Morgan fingerprint density at radius 2 is 1.75 bits per heavy atom. The number of ether oxygens (including phenoxy) is 1. The summed E-state index contributed by atoms with van der Waals surface area (Å²) < 4.78 is 20.1. The topological polar surface area (TPSA) is 73.2 Å². The van der Waals surface area contributed by atoms with Gasteiger partial charge in [0.25, 0.3) is 11.5 Å². The van der Waals surface area contributed by atoms with Gasteiger partial charge in [0, 0.05) is 28.4 Å². The van der Waals surface area contributed by atoms with E-state index in [0.29, 0.717) is 27.5 Å². The van der Waals surface area contributed by atoms with Gasteiger partial charge in [-0.2, -0.15) is 4.68 Å². The molecular formula is C24H17ClFN3O3. The highest BCUT2D eigenvalue weighted by atomic mass is 35.5. The molecule has 0 spiro atoms. The molecule has 4 aromatic rings. The summed E-state index contributed by atoms with van der Waals surface area (Å²) >= 11 is 5.85. The SMILES string of the molecule is O=C(Nc1ccc(Cl)cc1)c1ccc(-n2nc(OCc3cccc(F)c3)ccc2=O)cc1. The second kappa shape index (κ2) is 9.45. The van der Waals surface area contributed by atoms with E-state index in [1.165, 1.54) is 28.9 Å². The molecule has 0 bridgehead atoms. The van der Waals surface area contributed by atoms with Crippen LogP contribution in [0.1, 0.15) is 15.9 Å². The molecular weight excluding hydrogens is 433 g/mol. The minimum absolute atomic E-state index is 0.104. The van der Waals surface area contributed by atoms with E-state index in [0.717, 1.165) is 0 Å². The van der Waals surface area contributed by atoms with Crippen molar-refractivity contribution in [3.8, 4) is 11.6 Å². The summed E-state index contributed by atoms with van der Waals surface area (Å²) in [4.78, 5) is 24.7. The second-order valence-electron chi connectivity index (χ2n) is 6.85. The molecule has 0 saturated carbocycles. The van der Waals surface area contributed by atoms with Gasteiger partial charge in [0.05, 0.1) is 5.69 Å². The Balaban J connectivity index is 1.48. The van der Waals surface area contributed by atoms with Crippen LogP contribution in [0.25, 0.3) is 5.69 Å². The van der Waals surface area contributed by atoms with E-state index in [1.54, 1.807) is 60.7 Å². The summed E-state index contributed by atoms with van der Waals surface area (Å²) in [7, 11) is 0. The molecule has 4 rings (SSSR count). The van der Waals surface area contributed by atoms with E-state index < -0.39 is 0 Å². The first-order valence-electron chi connectivity index (χ1n) is 9.63. The van der Waals surface area contributed by atoms with E-state index in [1.807, 2.05) is 0 Å². The fraction of sp³-hybridized carbons (Fsp3) is 0.0417. The van der Waals surface area contributed by atoms with Crippen molar-refractivity contribution >= 4 is 23.2 Å². The molecule has 0 atom stereocenters. The van der Waals surface area contributed by atoms with Gasteiger partial charge < -0.3 is 10.1 Å². The van der Waals surface area contributed by atoms with Gasteiger partial charge in [0.1, 0.15) is 12.4 Å². The van der Waals surface area contributed by atoms with Crippen LogP contribution in [0.4, 0.5) is 10.1 Å². The molecule has 0 aliphatic carbocycles. The molecule has 0 unspecified atom stereocenters. The quantitative estimate of drug-likeness (QED) is 0.456. The molecule has 1 aromatic heterocycles. The number of hydrogen-bond donors (Lipinski definition) is 1. The second-order valence-corrected chi connectivity index (χ2v) is 7.28. The molecule has 3 aromatic carbocycles. The van der Waals surface area contributed by atoms with Gasteiger partial charge in [-0.3, -0.25) is 9.59 Å². The Labute approximate surface area is 187 Å². The molecule has 0 saturated heterocycles. The predicted octanol–water partition coefficient (Wildman–Crippen LogP) is 4.86. The third kappa shape index (κ3) is 5.19. The van der Waals surface area contributed by atoms with Crippen molar-refractivity contribution in [1.29, 1.82) is 0 Å². The van der Waals surface area contributed by atoms with Crippen LogP contribution in [0.5, 0.6) is 5.88 Å². The van der Waals surface area contributed by atoms with Crippen LogP contribution in [-0.4, -0.2) is 15.7 Å². The van der Waals surface area contributed by atoms with Crippen LogP contribution in [-0.2, 0) is 6.61 Å². The van der Waals surface area contributed by atoms with Gasteiger partial charge in [-0.1, -0.05) is 23.7 Å². The van der Waals surface area contributed by atoms with Crippen LogP contribution in [0.15, 0.2) is 89.7 Å². The lowest BCUT2D eigenvalue weighted by molar-refractivity contribution is 0.102. The zero-order valence-electron chi connectivity index (χ0n) is 16.7. The summed E-state index contributed by atoms with van der Waals surface area (Å²) in [5.74, 6) is -0.450. The van der Waals surface area contributed by atoms with Crippen molar-refractivity contribution in [1.82, 2.24) is 9.78 Å². The van der Waals surface area contributed by atoms with Crippen molar-refractivity contribution < 1.29 is 13.9 Å². The van der Waals surface area contributed by atoms with Gasteiger partial charge in [0.2, 0.25) is 5.88 Å². The first-order valence-corrected chi connectivity index (χ1v) is 10.0. The van der Waals surface area contributed by atoms with Gasteiger partial charge in [0.15, 0.2) is 0 Å². The Kier molecular flexibility index (Phi) is 6.28. The third-order valence-electron chi connectivity index (χ3n) is 4.53. The number of amides is 1. The molecule has 32 heavy (non-hydrogen) atoms. The highest BCUT2D eigenvalue weighted by molar-refractivity contribution is 6.30. The van der Waals surface area contributed by atoms with Gasteiger partial charge in [-0.15, -0.1) is 5.10 Å². The monoisotopic (exact) mass is 449 g/mol. The Morgan fingerprint density at radius 1 is 1.00 bits per heavy atom. The average Bonchev–Trinajstić information content (AvgIpc) is 2.80. The van der Waals surface area contributed by atoms with E-state index >= 15 is 0 Å². The number of aromatic nitrogens is 2. The lowest BCUT2D eigenvalue weighted by Gasteiger charge is -2.10. The Bertz CT molecular complexity index is 1310. The van der Waals surface area contributed by atoms with Crippen molar-refractivity contribution in [3.63, 3.8) is 0 Å². The summed E-state index contributed by atoms with van der Waals surface area (Å²) in [6.07, 6.45) is 0. The Hall–Kier alpha value is -3.97. The predicted molar refractivity (Wildman–Crippen MR) is 120 cm³/mol. The van der Waals surface area contributed by atoms with Crippen molar-refractivity contribution in [3.05, 3.63) is 117 Å². The minimum Gasteiger partial charge on any atom is -0.472 e. The van der Waals surface area contributed by atoms with Crippen molar-refractivity contribution in [2.75, 3.05) is 5.32 Å². The zero-order valence-corrected chi connectivity index (χ0v) is 17.4. The molecule has 1 amide bonds. The average molecular weight is 450 g/mol. The zero-order chi connectivity index (χ0) is 22.5. The maximum absolute atomic E-state index is 13.3. The fourth-order valence-electron chi connectivity index (χ4n) is 2.93. The molecule has 0 aliphatic rings. The molecule has 1 N–H and O–H groups in total. The lowest BCUT2D eigenvalue weighted by Crippen LogP contribution is -2.20. The first kappa shape index (κ1) is 21.3. The maximum Gasteiger partial charge on any atom is 0.271 e. The number of halogens is 2. The highest BCUT2D eigenvalue weighted by Crippen LogP contribution is 2.16. The van der Waals surface area contributed by atoms with Gasteiger partial charge in [-0.25, -0.2) is 4.39 Å². The summed E-state index contributed by atoms with van der Waals surface area (Å²) in [6.45, 7) is 0.104. The van der Waals surface area contributed by atoms with Crippen LogP contribution in [0.3, 0.4) is 0 Å². The van der Waals surface area contributed by atoms with Crippen LogP contribution >= 0.6 is 11.6 Å². The standard InChI is InChI=1S/C24H17ClFN3O3/c25-18-6-8-20(9-7-18)27-24(31)17-4-10-21(11-5-17)29-23(30)13-12-22(28-29)32-15-16-2-1-3-19(26)14-16/h1-14H,15H2,(H,27,31). The van der Waals surface area contributed by atoms with Gasteiger partial charge in [-0.05, 0) is 66.2 Å². The third-order valence-corrected chi connectivity index (χ3v) is 4.78. The smallest absolute Gasteiger partial charge is 0.271 e. The van der Waals surface area contributed by atoms with Crippen LogP contribution in [0, 0.1) is 5.82 Å². The van der Waals surface area contributed by atoms with E-state index in [9.17, 15) is 14.0 Å². The summed E-state index contributed by atoms with van der Waals surface area (Å²) in [6, 6.07) is 22.0. The molecule has 1 heterocycles. The van der Waals surface area contributed by atoms with E-state index in [2.05, 4.69) is 10.4 Å². The number of nitrogens with zero attached hydrogens (tertiary/aromatic N) is 2. The molecule has 0 aliphatic heterocycles. The largest absolute Gasteiger partial charge is 0.472 e. The molecule has 0 fully saturated rings. The number of benzene rings is 3. The minimum atomic E-state index is -0.360. The van der Waals surface area contributed by atoms with Crippen LogP contribution in [0.2, 0.25) is 5.02 Å². The maximum atomic E-state index is 13.3. The van der Waals surface area contributed by atoms with Gasteiger partial charge >= 0.3 is 0 Å². The number of rotatable bonds is 6. The van der Waals surface area contributed by atoms with Crippen LogP contribution < -0.4 is 15.6 Å². The summed E-state index contributed by atoms with van der Waals surface area (Å²) in [5, 5.41) is 7.55. The number of carbonyl (C=O) groups is 1. The molecule has 0 radical (unpaired) electrons. The Morgan fingerprint density at radius 3 is 2.47 bits per heavy atom. The molecule has 8 heteroatoms. The molecule has 6 nitrogen and oxygen atoms in total. The number of nitrogens with one attached hydrogen (secondary N) is 1. The summed E-state index contributed by atoms with van der Waals surface area (Å²) in [5.41, 5.74) is 1.77. The van der Waals surface area contributed by atoms with E-state index in [-0.39, 0.29) is 29.8 Å². The lowest BCUT2D eigenvalue weighted by atomic mass is 10.2. The van der Waals surface area contributed by atoms with Crippen molar-refractivity contribution in [2.24, 2.45) is 0 Å². The van der Waals surface area contributed by atoms with E-state index in [4.69, 9.17) is 16.3 Å². The number of carbonyl (C=O) groups excluding carboxylic acids is 1. The normalized spacial score (nSPS) is 10.6. The highest BCUT2D eigenvalue weighted by Gasteiger charge is 2.09. The fourth-order valence-corrected chi connectivity index (χ4v) is 3.06. The number of hydrogen-bond acceptors (Lipinski definition) is 4. The number of anilines is 1.